The van der Waals surface area contributed by atoms with E-state index >= 15 is 0 Å². The van der Waals surface area contributed by atoms with Crippen molar-refractivity contribution in [1.29, 1.82) is 0 Å². The summed E-state index contributed by atoms with van der Waals surface area (Å²) in [6.45, 7) is 8.58. The van der Waals surface area contributed by atoms with Gasteiger partial charge in [0.15, 0.2) is 5.82 Å². The summed E-state index contributed by atoms with van der Waals surface area (Å²) in [5.74, 6) is 1.51. The molecule has 3 heterocycles. The molecular formula is C17H26N6O2. The first-order valence-corrected chi connectivity index (χ1v) is 9.00. The number of rotatable bonds is 6. The second-order valence-electron chi connectivity index (χ2n) is 6.46. The summed E-state index contributed by atoms with van der Waals surface area (Å²) in [5.41, 5.74) is 0.764. The van der Waals surface area contributed by atoms with Crippen LogP contribution >= 0.6 is 0 Å². The van der Waals surface area contributed by atoms with Crippen LogP contribution in [0.15, 0.2) is 16.9 Å². The van der Waals surface area contributed by atoms with Crippen molar-refractivity contribution < 1.29 is 9.32 Å². The third-order valence-electron chi connectivity index (χ3n) is 4.83. The Bertz CT molecular complexity index is 702. The van der Waals surface area contributed by atoms with Crippen LogP contribution in [0.1, 0.15) is 51.4 Å². The fourth-order valence-corrected chi connectivity index (χ4v) is 3.13. The van der Waals surface area contributed by atoms with Gasteiger partial charge in [0.1, 0.15) is 0 Å². The van der Waals surface area contributed by atoms with Crippen LogP contribution in [0.25, 0.3) is 0 Å². The molecule has 0 spiro atoms. The molecule has 0 aromatic carbocycles. The summed E-state index contributed by atoms with van der Waals surface area (Å²) >= 11 is 0. The number of anilines is 1. The first-order valence-electron chi connectivity index (χ1n) is 9.00. The molecule has 1 aliphatic heterocycles. The second-order valence-corrected chi connectivity index (χ2v) is 6.46. The molecule has 1 fully saturated rings. The van der Waals surface area contributed by atoms with E-state index in [9.17, 15) is 4.79 Å². The number of amides is 1. The molecule has 1 atom stereocenters. The van der Waals surface area contributed by atoms with E-state index in [1.807, 2.05) is 20.0 Å². The molecule has 25 heavy (non-hydrogen) atoms. The van der Waals surface area contributed by atoms with Crippen LogP contribution < -0.4 is 5.32 Å². The summed E-state index contributed by atoms with van der Waals surface area (Å²) in [4.78, 5) is 19.2. The van der Waals surface area contributed by atoms with Gasteiger partial charge in [-0.05, 0) is 39.8 Å². The van der Waals surface area contributed by atoms with Crippen molar-refractivity contribution in [2.24, 2.45) is 5.92 Å². The molecule has 0 unspecified atom stereocenters. The van der Waals surface area contributed by atoms with Gasteiger partial charge in [0.2, 0.25) is 11.8 Å². The Kier molecular flexibility index (Phi) is 5.47. The average Bonchev–Trinajstić information content (AvgIpc) is 3.30. The largest absolute Gasteiger partial charge is 0.338 e. The van der Waals surface area contributed by atoms with Crippen molar-refractivity contribution in [2.45, 2.75) is 52.6 Å². The standard InChI is InChI=1S/C17H26N6O2/c1-4-15-20-17(25-21-15)12(3)22-8-6-13(7-9-22)16(24)19-14-10-18-23(5-2)11-14/h10-13H,4-9H2,1-3H3,(H,19,24)/t12-/m0/s1. The number of nitrogens with one attached hydrogen (secondary N) is 1. The van der Waals surface area contributed by atoms with Gasteiger partial charge in [0, 0.05) is 25.1 Å². The SMILES string of the molecule is CCc1noc([C@H](C)N2CCC(C(=O)Nc3cnn(CC)c3)CC2)n1. The smallest absolute Gasteiger partial charge is 0.243 e. The highest BCUT2D eigenvalue weighted by Crippen LogP contribution is 2.26. The number of aromatic nitrogens is 4. The minimum Gasteiger partial charge on any atom is -0.338 e. The lowest BCUT2D eigenvalue weighted by atomic mass is 9.95. The van der Waals surface area contributed by atoms with E-state index in [1.54, 1.807) is 10.9 Å². The van der Waals surface area contributed by atoms with Gasteiger partial charge in [-0.2, -0.15) is 10.1 Å². The first kappa shape index (κ1) is 17.6. The van der Waals surface area contributed by atoms with Crippen molar-refractivity contribution >= 4 is 11.6 Å². The van der Waals surface area contributed by atoms with E-state index in [4.69, 9.17) is 4.52 Å². The van der Waals surface area contributed by atoms with Crippen LogP contribution in [0, 0.1) is 5.92 Å². The van der Waals surface area contributed by atoms with Crippen molar-refractivity contribution in [3.63, 3.8) is 0 Å². The molecule has 8 nitrogen and oxygen atoms in total. The third-order valence-corrected chi connectivity index (χ3v) is 4.83. The van der Waals surface area contributed by atoms with Gasteiger partial charge in [-0.3, -0.25) is 14.4 Å². The summed E-state index contributed by atoms with van der Waals surface area (Å²) in [6.07, 6.45) is 5.97. The molecule has 1 N–H and O–H groups in total. The number of piperidine rings is 1. The van der Waals surface area contributed by atoms with E-state index in [-0.39, 0.29) is 17.9 Å². The molecule has 0 bridgehead atoms. The van der Waals surface area contributed by atoms with Crippen LogP contribution in [-0.2, 0) is 17.8 Å². The lowest BCUT2D eigenvalue weighted by Crippen LogP contribution is -2.39. The van der Waals surface area contributed by atoms with E-state index in [1.165, 1.54) is 0 Å². The molecule has 0 aliphatic carbocycles. The van der Waals surface area contributed by atoms with Crippen LogP contribution in [0.5, 0.6) is 0 Å². The highest BCUT2D eigenvalue weighted by Gasteiger charge is 2.29. The number of carbonyl (C=O) groups is 1. The van der Waals surface area contributed by atoms with Crippen LogP contribution in [0.4, 0.5) is 5.69 Å². The Hall–Kier alpha value is -2.22. The monoisotopic (exact) mass is 346 g/mol. The fraction of sp³-hybridized carbons (Fsp3) is 0.647. The number of hydrogen-bond acceptors (Lipinski definition) is 6. The predicted molar refractivity (Wildman–Crippen MR) is 92.9 cm³/mol. The van der Waals surface area contributed by atoms with Gasteiger partial charge in [-0.25, -0.2) is 0 Å². The van der Waals surface area contributed by atoms with E-state index < -0.39 is 0 Å². The van der Waals surface area contributed by atoms with Gasteiger partial charge in [-0.15, -0.1) is 0 Å². The zero-order chi connectivity index (χ0) is 17.8. The zero-order valence-corrected chi connectivity index (χ0v) is 15.1. The number of aryl methyl sites for hydroxylation is 2. The molecule has 2 aromatic heterocycles. The van der Waals surface area contributed by atoms with Crippen LogP contribution in [-0.4, -0.2) is 43.8 Å². The number of hydrogen-bond donors (Lipinski definition) is 1. The van der Waals surface area contributed by atoms with Crippen molar-refractivity contribution in [3.8, 4) is 0 Å². The molecule has 0 radical (unpaired) electrons. The Morgan fingerprint density at radius 3 is 2.76 bits per heavy atom. The van der Waals surface area contributed by atoms with Gasteiger partial charge >= 0.3 is 0 Å². The third kappa shape index (κ3) is 4.07. The van der Waals surface area contributed by atoms with Crippen molar-refractivity contribution in [1.82, 2.24) is 24.8 Å². The zero-order valence-electron chi connectivity index (χ0n) is 15.1. The predicted octanol–water partition coefficient (Wildman–Crippen LogP) is 2.26. The Morgan fingerprint density at radius 2 is 2.16 bits per heavy atom. The first-order chi connectivity index (χ1) is 12.1. The molecule has 1 saturated heterocycles. The molecule has 136 valence electrons. The van der Waals surface area contributed by atoms with Gasteiger partial charge in [-0.1, -0.05) is 12.1 Å². The Labute approximate surface area is 147 Å². The maximum Gasteiger partial charge on any atom is 0.243 e. The molecule has 3 rings (SSSR count). The van der Waals surface area contributed by atoms with E-state index in [0.717, 1.165) is 50.4 Å². The molecule has 1 amide bonds. The van der Waals surface area contributed by atoms with E-state index in [2.05, 4.69) is 32.4 Å². The molecule has 0 saturated carbocycles. The Morgan fingerprint density at radius 1 is 1.40 bits per heavy atom. The van der Waals surface area contributed by atoms with Gasteiger partial charge < -0.3 is 9.84 Å². The Balaban J connectivity index is 1.51. The van der Waals surface area contributed by atoms with Gasteiger partial charge in [0.05, 0.1) is 17.9 Å². The summed E-state index contributed by atoms with van der Waals surface area (Å²) in [6, 6.07) is 0.0830. The summed E-state index contributed by atoms with van der Waals surface area (Å²) < 4.78 is 7.15. The van der Waals surface area contributed by atoms with Gasteiger partial charge in [0.25, 0.3) is 0 Å². The van der Waals surface area contributed by atoms with Crippen molar-refractivity contribution in [3.05, 3.63) is 24.1 Å². The quantitative estimate of drug-likeness (QED) is 0.863. The molecule has 8 heteroatoms. The minimum atomic E-state index is 0.0299. The van der Waals surface area contributed by atoms with Crippen LogP contribution in [0.3, 0.4) is 0 Å². The maximum atomic E-state index is 12.4. The highest BCUT2D eigenvalue weighted by molar-refractivity contribution is 5.92. The number of likely N-dealkylation sites (tertiary alicyclic amines) is 1. The fourth-order valence-electron chi connectivity index (χ4n) is 3.13. The maximum absolute atomic E-state index is 12.4. The molecule has 1 aliphatic rings. The molecular weight excluding hydrogens is 320 g/mol. The van der Waals surface area contributed by atoms with Crippen LogP contribution in [0.2, 0.25) is 0 Å². The minimum absolute atomic E-state index is 0.0299. The second kappa shape index (κ2) is 7.77. The number of carbonyl (C=O) groups excluding carboxylic acids is 1. The highest BCUT2D eigenvalue weighted by atomic mass is 16.5. The summed E-state index contributed by atoms with van der Waals surface area (Å²) in [7, 11) is 0. The summed E-state index contributed by atoms with van der Waals surface area (Å²) in [5, 5.41) is 11.1. The lowest BCUT2D eigenvalue weighted by molar-refractivity contribution is -0.121. The number of nitrogens with zero attached hydrogens (tertiary/aromatic N) is 5. The van der Waals surface area contributed by atoms with E-state index in [0.29, 0.717) is 5.89 Å². The topological polar surface area (TPSA) is 89.1 Å². The average molecular weight is 346 g/mol. The lowest BCUT2D eigenvalue weighted by Gasteiger charge is -2.33. The van der Waals surface area contributed by atoms with Crippen molar-refractivity contribution in [2.75, 3.05) is 18.4 Å². The molecule has 2 aromatic rings. The normalized spacial score (nSPS) is 17.6.